The molecular weight excluding hydrogens is 484 g/mol. The lowest BCUT2D eigenvalue weighted by Crippen LogP contribution is -2.21. The van der Waals surface area contributed by atoms with Crippen molar-refractivity contribution < 1.29 is 4.58 Å². The largest absolute Gasteiger partial charge is 0.373 e. The van der Waals surface area contributed by atoms with Crippen molar-refractivity contribution in [1.29, 1.82) is 0 Å². The Balaban J connectivity index is 1.29. The lowest BCUT2D eigenvalue weighted by atomic mass is 10.0. The first-order valence-corrected chi connectivity index (χ1v) is 18.0. The summed E-state index contributed by atoms with van der Waals surface area (Å²) in [7, 11) is 0. The van der Waals surface area contributed by atoms with Gasteiger partial charge in [-0.25, -0.2) is 6.08 Å². The zero-order chi connectivity index (χ0) is 27.8. The Morgan fingerprint density at radius 3 is 1.68 bits per heavy atom. The van der Waals surface area contributed by atoms with Crippen LogP contribution in [0.4, 0.5) is 0 Å². The van der Waals surface area contributed by atoms with Crippen molar-refractivity contribution in [3.05, 3.63) is 41.7 Å². The molecule has 3 aliphatic heterocycles. The van der Waals surface area contributed by atoms with Gasteiger partial charge in [-0.1, -0.05) is 152 Å². The average Bonchev–Trinajstić information content (AvgIpc) is 2.97. The predicted molar refractivity (Wildman–Crippen MR) is 175 cm³/mol. The van der Waals surface area contributed by atoms with E-state index in [1.807, 2.05) is 6.08 Å². The topological polar surface area (TPSA) is 6.25 Å². The van der Waals surface area contributed by atoms with Gasteiger partial charge in [-0.15, -0.1) is 6.08 Å². The van der Waals surface area contributed by atoms with Gasteiger partial charge in [0, 0.05) is 25.7 Å². The Labute approximate surface area is 249 Å². The Bertz CT molecular complexity index is 794. The molecule has 0 radical (unpaired) electrons. The van der Waals surface area contributed by atoms with Crippen LogP contribution in [-0.4, -0.2) is 41.5 Å². The molecule has 0 aliphatic carbocycles. The van der Waals surface area contributed by atoms with Crippen molar-refractivity contribution in [3.63, 3.8) is 0 Å². The second kappa shape index (κ2) is 23.1. The van der Waals surface area contributed by atoms with Crippen molar-refractivity contribution in [2.75, 3.05) is 26.2 Å². The molecule has 0 N–H and O–H groups in total. The molecule has 3 aliphatic rings. The van der Waals surface area contributed by atoms with E-state index in [1.165, 1.54) is 186 Å². The smallest absolute Gasteiger partial charge is 0.138 e. The maximum absolute atomic E-state index is 3.49. The van der Waals surface area contributed by atoms with Gasteiger partial charge >= 0.3 is 0 Å². The Hall–Kier alpha value is -1.53. The van der Waals surface area contributed by atoms with Gasteiger partial charge in [0.05, 0.1) is 0 Å². The highest BCUT2D eigenvalue weighted by Crippen LogP contribution is 2.19. The molecule has 0 unspecified atom stereocenters. The molecule has 0 aromatic carbocycles. The summed E-state index contributed by atoms with van der Waals surface area (Å²) in [6.07, 6.45) is 49.2. The highest BCUT2D eigenvalue weighted by molar-refractivity contribution is 5.49. The lowest BCUT2D eigenvalue weighted by Gasteiger charge is -2.23. The maximum atomic E-state index is 3.49. The third kappa shape index (κ3) is 16.7. The molecular formula is C38H64N2. The van der Waals surface area contributed by atoms with Gasteiger partial charge in [-0.3, -0.25) is 4.58 Å². The normalized spacial score (nSPS) is 23.8. The molecule has 2 nitrogen and oxygen atoms in total. The van der Waals surface area contributed by atoms with Gasteiger partial charge < -0.3 is 4.90 Å². The quantitative estimate of drug-likeness (QED) is 0.215. The average molecular weight is 549 g/mol. The van der Waals surface area contributed by atoms with Gasteiger partial charge in [-0.2, -0.15) is 0 Å². The first kappa shape index (κ1) is 33.0. The van der Waals surface area contributed by atoms with E-state index < -0.39 is 0 Å². The van der Waals surface area contributed by atoms with Crippen LogP contribution in [0.1, 0.15) is 167 Å². The molecule has 3 rings (SSSR count). The second-order valence-electron chi connectivity index (χ2n) is 13.0. The van der Waals surface area contributed by atoms with Crippen LogP contribution in [0.15, 0.2) is 35.6 Å². The molecule has 226 valence electrons. The summed E-state index contributed by atoms with van der Waals surface area (Å²) in [6.45, 7) is 4.61. The Morgan fingerprint density at radius 1 is 0.575 bits per heavy atom. The molecule has 4 bridgehead atoms. The SMILES string of the molecule is C1=C[C-]=C2CCCCCCCCCCCCCCN3C=C(C=CC3)CCCCCCCCCCCCCC[N+]=1C2. The highest BCUT2D eigenvalue weighted by Gasteiger charge is 2.07. The van der Waals surface area contributed by atoms with Gasteiger partial charge in [0.25, 0.3) is 0 Å². The van der Waals surface area contributed by atoms with E-state index in [2.05, 4.69) is 39.8 Å². The third-order valence-electron chi connectivity index (χ3n) is 9.24. The van der Waals surface area contributed by atoms with Crippen molar-refractivity contribution in [1.82, 2.24) is 4.90 Å². The highest BCUT2D eigenvalue weighted by atomic mass is 15.1. The Morgan fingerprint density at radius 2 is 1.07 bits per heavy atom. The van der Waals surface area contributed by atoms with Crippen molar-refractivity contribution >= 4 is 5.87 Å². The molecule has 0 saturated carbocycles. The van der Waals surface area contributed by atoms with E-state index in [9.17, 15) is 0 Å². The monoisotopic (exact) mass is 549 g/mol. The number of hydrogen-bond acceptors (Lipinski definition) is 1. The fraction of sp³-hybridized carbons (Fsp3) is 0.789. The summed E-state index contributed by atoms with van der Waals surface area (Å²) < 4.78 is 2.41. The van der Waals surface area contributed by atoms with Crippen molar-refractivity contribution in [3.8, 4) is 0 Å². The molecule has 3 heterocycles. The molecule has 40 heavy (non-hydrogen) atoms. The number of fused-ring (bicyclic) bond motifs is 3. The van der Waals surface area contributed by atoms with Crippen molar-refractivity contribution in [2.45, 2.75) is 167 Å². The molecule has 0 spiro atoms. The van der Waals surface area contributed by atoms with E-state index in [0.717, 1.165) is 13.1 Å². The van der Waals surface area contributed by atoms with E-state index >= 15 is 0 Å². The summed E-state index contributed by atoms with van der Waals surface area (Å²) in [5.74, 6) is 3.43. The second-order valence-corrected chi connectivity index (χ2v) is 13.0. The van der Waals surface area contributed by atoms with Crippen LogP contribution in [0, 0.1) is 6.08 Å². The molecule has 0 saturated heterocycles. The first-order chi connectivity index (χ1) is 19.9. The zero-order valence-electron chi connectivity index (χ0n) is 26.4. The lowest BCUT2D eigenvalue weighted by molar-refractivity contribution is -0.514. The summed E-state index contributed by atoms with van der Waals surface area (Å²) in [5, 5.41) is 0. The maximum Gasteiger partial charge on any atom is 0.138 e. The number of rotatable bonds is 0. The van der Waals surface area contributed by atoms with E-state index in [1.54, 1.807) is 5.57 Å². The van der Waals surface area contributed by atoms with Crippen LogP contribution in [-0.2, 0) is 0 Å². The molecule has 0 aromatic rings. The Kier molecular flexibility index (Phi) is 19.0. The summed E-state index contributed by atoms with van der Waals surface area (Å²) in [4.78, 5) is 2.57. The third-order valence-corrected chi connectivity index (χ3v) is 9.24. The summed E-state index contributed by atoms with van der Waals surface area (Å²) in [6, 6.07) is 0. The van der Waals surface area contributed by atoms with Gasteiger partial charge in [0.1, 0.15) is 13.1 Å². The van der Waals surface area contributed by atoms with E-state index in [4.69, 9.17) is 0 Å². The minimum Gasteiger partial charge on any atom is -0.373 e. The number of nitrogens with zero attached hydrogens (tertiary/aromatic N) is 2. The van der Waals surface area contributed by atoms with Gasteiger partial charge in [0.2, 0.25) is 0 Å². The van der Waals surface area contributed by atoms with E-state index in [-0.39, 0.29) is 0 Å². The number of hydrogen-bond donors (Lipinski definition) is 0. The van der Waals surface area contributed by atoms with Crippen LogP contribution < -0.4 is 0 Å². The summed E-state index contributed by atoms with van der Waals surface area (Å²) >= 11 is 0. The fourth-order valence-corrected chi connectivity index (χ4v) is 6.64. The molecule has 0 atom stereocenters. The molecule has 0 fully saturated rings. The van der Waals surface area contributed by atoms with Crippen molar-refractivity contribution in [2.24, 2.45) is 0 Å². The van der Waals surface area contributed by atoms with Crippen LogP contribution in [0.3, 0.4) is 0 Å². The predicted octanol–water partition coefficient (Wildman–Crippen LogP) is 10.9. The van der Waals surface area contributed by atoms with Crippen LogP contribution in [0.25, 0.3) is 0 Å². The van der Waals surface area contributed by atoms with Crippen LogP contribution in [0.5, 0.6) is 0 Å². The first-order valence-electron chi connectivity index (χ1n) is 18.0. The minimum atomic E-state index is 1.07. The van der Waals surface area contributed by atoms with Crippen LogP contribution in [0.2, 0.25) is 0 Å². The molecule has 2 heteroatoms. The van der Waals surface area contributed by atoms with Gasteiger partial charge in [0.15, 0.2) is 0 Å². The zero-order valence-corrected chi connectivity index (χ0v) is 26.4. The molecule has 0 amide bonds. The number of allylic oxidation sites excluding steroid dienone is 4. The standard InChI is InChI=1S/C38H64N2/c1-3-7-11-15-19-23-31-39-33-26-30-38(36-39)28-22-18-14-10-6-2-4-8-12-16-20-24-32-40-34-25-29-37(35-40)27-21-17-13-9-5-1/h25-26,29,35H,1-24,27-28,31-32,34,36H2. The minimum absolute atomic E-state index is 1.07. The fourth-order valence-electron chi connectivity index (χ4n) is 6.64. The van der Waals surface area contributed by atoms with Crippen LogP contribution >= 0.6 is 0 Å². The summed E-state index contributed by atoms with van der Waals surface area (Å²) in [5.41, 5.74) is 3.07. The van der Waals surface area contributed by atoms with Gasteiger partial charge in [-0.05, 0) is 37.7 Å². The molecule has 0 aromatic heterocycles. The van der Waals surface area contributed by atoms with E-state index in [0.29, 0.717) is 0 Å².